The molecule has 1 amide bonds. The van der Waals surface area contributed by atoms with E-state index in [2.05, 4.69) is 11.1 Å². The SMILES string of the molecule is CCOC(=O)Cn1c(=NC(=O)c2ccccc2)sc2cc(C)cc(C)c21. The minimum atomic E-state index is -0.346. The molecule has 0 aliphatic carbocycles. The first-order valence-corrected chi connectivity index (χ1v) is 9.21. The average Bonchev–Trinajstić information content (AvgIpc) is 2.93. The first-order valence-electron chi connectivity index (χ1n) is 8.40. The second-order valence-electron chi connectivity index (χ2n) is 5.99. The van der Waals surface area contributed by atoms with Gasteiger partial charge in [0.05, 0.1) is 16.8 Å². The molecule has 0 saturated carbocycles. The van der Waals surface area contributed by atoms with Gasteiger partial charge in [0.2, 0.25) is 0 Å². The normalized spacial score (nSPS) is 11.7. The molecule has 3 aromatic rings. The molecule has 0 spiro atoms. The van der Waals surface area contributed by atoms with Gasteiger partial charge in [-0.15, -0.1) is 0 Å². The molecule has 0 saturated heterocycles. The van der Waals surface area contributed by atoms with Gasteiger partial charge in [0, 0.05) is 5.56 Å². The summed E-state index contributed by atoms with van der Waals surface area (Å²) < 4.78 is 7.85. The third-order valence-electron chi connectivity index (χ3n) is 3.92. The van der Waals surface area contributed by atoms with Crippen molar-refractivity contribution in [3.05, 3.63) is 64.0 Å². The van der Waals surface area contributed by atoms with E-state index in [-0.39, 0.29) is 18.4 Å². The highest BCUT2D eigenvalue weighted by molar-refractivity contribution is 7.16. The highest BCUT2D eigenvalue weighted by atomic mass is 32.1. The first kappa shape index (κ1) is 18.1. The van der Waals surface area contributed by atoms with Crippen molar-refractivity contribution in [3.63, 3.8) is 0 Å². The molecule has 3 rings (SSSR count). The van der Waals surface area contributed by atoms with Crippen molar-refractivity contribution in [2.45, 2.75) is 27.3 Å². The van der Waals surface area contributed by atoms with Gasteiger partial charge in [0.1, 0.15) is 6.54 Å². The van der Waals surface area contributed by atoms with Crippen LogP contribution in [0.3, 0.4) is 0 Å². The quantitative estimate of drug-likeness (QED) is 0.661. The molecule has 1 heterocycles. The van der Waals surface area contributed by atoms with E-state index in [1.165, 1.54) is 11.3 Å². The highest BCUT2D eigenvalue weighted by Crippen LogP contribution is 2.23. The highest BCUT2D eigenvalue weighted by Gasteiger charge is 2.14. The van der Waals surface area contributed by atoms with Crippen LogP contribution in [0.1, 0.15) is 28.4 Å². The van der Waals surface area contributed by atoms with E-state index in [0.29, 0.717) is 17.0 Å². The Morgan fingerprint density at radius 3 is 2.58 bits per heavy atom. The predicted molar refractivity (Wildman–Crippen MR) is 102 cm³/mol. The van der Waals surface area contributed by atoms with Gasteiger partial charge >= 0.3 is 5.97 Å². The molecule has 0 fully saturated rings. The molecule has 1 aromatic heterocycles. The molecule has 134 valence electrons. The number of aromatic nitrogens is 1. The van der Waals surface area contributed by atoms with Crippen LogP contribution in [0.4, 0.5) is 0 Å². The number of nitrogens with zero attached hydrogens (tertiary/aromatic N) is 2. The molecule has 0 unspecified atom stereocenters. The van der Waals surface area contributed by atoms with Gasteiger partial charge in [0.25, 0.3) is 5.91 Å². The zero-order chi connectivity index (χ0) is 18.7. The average molecular weight is 368 g/mol. The summed E-state index contributed by atoms with van der Waals surface area (Å²) in [4.78, 5) is 29.4. The molecule has 0 atom stereocenters. The van der Waals surface area contributed by atoms with E-state index in [9.17, 15) is 9.59 Å². The minimum absolute atomic E-state index is 0.0264. The van der Waals surface area contributed by atoms with Gasteiger partial charge in [-0.2, -0.15) is 4.99 Å². The van der Waals surface area contributed by atoms with E-state index in [0.717, 1.165) is 21.3 Å². The van der Waals surface area contributed by atoms with Crippen molar-refractivity contribution in [3.8, 4) is 0 Å². The Bertz CT molecular complexity index is 1030. The molecule has 26 heavy (non-hydrogen) atoms. The number of rotatable bonds is 4. The van der Waals surface area contributed by atoms with Crippen LogP contribution in [0.15, 0.2) is 47.5 Å². The lowest BCUT2D eigenvalue weighted by Gasteiger charge is -2.07. The number of thiazole rings is 1. The number of carbonyl (C=O) groups is 2. The number of hydrogen-bond acceptors (Lipinski definition) is 4. The summed E-state index contributed by atoms with van der Waals surface area (Å²) in [6, 6.07) is 13.0. The Balaban J connectivity index is 2.17. The number of hydrogen-bond donors (Lipinski definition) is 0. The van der Waals surface area contributed by atoms with Crippen molar-refractivity contribution >= 4 is 33.4 Å². The molecule has 0 bridgehead atoms. The van der Waals surface area contributed by atoms with E-state index >= 15 is 0 Å². The zero-order valence-corrected chi connectivity index (χ0v) is 15.8. The molecule has 2 aromatic carbocycles. The van der Waals surface area contributed by atoms with Gasteiger partial charge in [-0.25, -0.2) is 0 Å². The summed E-state index contributed by atoms with van der Waals surface area (Å²) in [7, 11) is 0. The van der Waals surface area contributed by atoms with E-state index in [1.807, 2.05) is 26.0 Å². The lowest BCUT2D eigenvalue weighted by atomic mass is 10.1. The number of fused-ring (bicyclic) bond motifs is 1. The molecule has 0 aliphatic rings. The summed E-state index contributed by atoms with van der Waals surface area (Å²) in [5.74, 6) is -0.676. The number of ether oxygens (including phenoxy) is 1. The first-order chi connectivity index (χ1) is 12.5. The lowest BCUT2D eigenvalue weighted by Crippen LogP contribution is -2.23. The summed E-state index contributed by atoms with van der Waals surface area (Å²) >= 11 is 1.40. The Labute approximate surface area is 155 Å². The number of aryl methyl sites for hydroxylation is 2. The van der Waals surface area contributed by atoms with Crippen molar-refractivity contribution in [1.82, 2.24) is 4.57 Å². The molecule has 0 aliphatic heterocycles. The Morgan fingerprint density at radius 2 is 1.88 bits per heavy atom. The number of carbonyl (C=O) groups excluding carboxylic acids is 2. The van der Waals surface area contributed by atoms with Gasteiger partial charge < -0.3 is 9.30 Å². The third kappa shape index (κ3) is 3.75. The van der Waals surface area contributed by atoms with Gasteiger partial charge in [0.15, 0.2) is 4.80 Å². The number of esters is 1. The van der Waals surface area contributed by atoms with Crippen LogP contribution in [0.5, 0.6) is 0 Å². The monoisotopic (exact) mass is 368 g/mol. The number of amides is 1. The van der Waals surface area contributed by atoms with E-state index in [1.54, 1.807) is 35.8 Å². The fourth-order valence-electron chi connectivity index (χ4n) is 2.89. The maximum absolute atomic E-state index is 12.5. The fourth-order valence-corrected chi connectivity index (χ4v) is 4.10. The topological polar surface area (TPSA) is 60.7 Å². The second-order valence-corrected chi connectivity index (χ2v) is 7.00. The van der Waals surface area contributed by atoms with Crippen LogP contribution in [0.25, 0.3) is 10.2 Å². The maximum atomic E-state index is 12.5. The third-order valence-corrected chi connectivity index (χ3v) is 4.95. The van der Waals surface area contributed by atoms with Gasteiger partial charge in [-0.3, -0.25) is 9.59 Å². The van der Waals surface area contributed by atoms with Crippen LogP contribution in [0, 0.1) is 13.8 Å². The molecule has 6 heteroatoms. The van der Waals surface area contributed by atoms with Crippen molar-refractivity contribution in [2.24, 2.45) is 4.99 Å². The Hall–Kier alpha value is -2.73. The van der Waals surface area contributed by atoms with Crippen molar-refractivity contribution in [2.75, 3.05) is 6.61 Å². The molecular formula is C20H20N2O3S. The Kier molecular flexibility index (Phi) is 5.32. The van der Waals surface area contributed by atoms with Gasteiger partial charge in [-0.05, 0) is 50.1 Å². The number of benzene rings is 2. The second kappa shape index (κ2) is 7.66. The smallest absolute Gasteiger partial charge is 0.326 e. The zero-order valence-electron chi connectivity index (χ0n) is 15.0. The van der Waals surface area contributed by atoms with Crippen molar-refractivity contribution < 1.29 is 14.3 Å². The van der Waals surface area contributed by atoms with E-state index < -0.39 is 0 Å². The predicted octanol–water partition coefficient (Wildman–Crippen LogP) is 3.62. The van der Waals surface area contributed by atoms with Crippen LogP contribution in [-0.4, -0.2) is 23.1 Å². The molecule has 0 N–H and O–H groups in total. The van der Waals surface area contributed by atoms with Crippen LogP contribution < -0.4 is 4.80 Å². The van der Waals surface area contributed by atoms with Crippen LogP contribution >= 0.6 is 11.3 Å². The Morgan fingerprint density at radius 1 is 1.15 bits per heavy atom. The molecule has 0 radical (unpaired) electrons. The van der Waals surface area contributed by atoms with Crippen LogP contribution in [-0.2, 0) is 16.1 Å². The summed E-state index contributed by atoms with van der Waals surface area (Å²) in [6.07, 6.45) is 0. The van der Waals surface area contributed by atoms with Crippen molar-refractivity contribution in [1.29, 1.82) is 0 Å². The summed E-state index contributed by atoms with van der Waals surface area (Å²) in [6.45, 7) is 6.13. The lowest BCUT2D eigenvalue weighted by molar-refractivity contribution is -0.143. The van der Waals surface area contributed by atoms with E-state index in [4.69, 9.17) is 4.74 Å². The summed E-state index contributed by atoms with van der Waals surface area (Å²) in [5, 5.41) is 0. The van der Waals surface area contributed by atoms with Crippen LogP contribution in [0.2, 0.25) is 0 Å². The van der Waals surface area contributed by atoms with Gasteiger partial charge in [-0.1, -0.05) is 35.6 Å². The maximum Gasteiger partial charge on any atom is 0.326 e. The standard InChI is InChI=1S/C20H20N2O3S/c1-4-25-17(23)12-22-18-14(3)10-13(2)11-16(18)26-20(22)21-19(24)15-8-6-5-7-9-15/h5-11H,4,12H2,1-3H3. The minimum Gasteiger partial charge on any atom is -0.465 e. The summed E-state index contributed by atoms with van der Waals surface area (Å²) in [5.41, 5.74) is 3.59. The fraction of sp³-hybridized carbons (Fsp3) is 0.250. The largest absolute Gasteiger partial charge is 0.465 e. The molecule has 5 nitrogen and oxygen atoms in total. The molecular weight excluding hydrogens is 348 g/mol.